The van der Waals surface area contributed by atoms with E-state index in [0.29, 0.717) is 16.8 Å². The van der Waals surface area contributed by atoms with Crippen LogP contribution in [0.1, 0.15) is 26.7 Å². The zero-order chi connectivity index (χ0) is 11.7. The molecule has 3 atom stereocenters. The standard InChI is InChI=1S/C13H19ClN2/c1-8-5-11(6-9(8)2)16-13-4-3-10(15)7-12(13)14/h3-4,7-9,11,16H,5-6,15H2,1-2H3/t8-,9+,11?. The Morgan fingerprint density at radius 2 is 1.88 bits per heavy atom. The van der Waals surface area contributed by atoms with Crippen molar-refractivity contribution in [3.63, 3.8) is 0 Å². The lowest BCUT2D eigenvalue weighted by Crippen LogP contribution is -2.15. The van der Waals surface area contributed by atoms with Crippen molar-refractivity contribution in [2.24, 2.45) is 11.8 Å². The maximum atomic E-state index is 6.14. The van der Waals surface area contributed by atoms with Gasteiger partial charge in [-0.15, -0.1) is 0 Å². The minimum atomic E-state index is 0.547. The Kier molecular flexibility index (Phi) is 3.29. The Morgan fingerprint density at radius 3 is 2.44 bits per heavy atom. The summed E-state index contributed by atoms with van der Waals surface area (Å²) in [7, 11) is 0. The van der Waals surface area contributed by atoms with Crippen LogP contribution >= 0.6 is 11.6 Å². The van der Waals surface area contributed by atoms with E-state index in [1.165, 1.54) is 12.8 Å². The van der Waals surface area contributed by atoms with Gasteiger partial charge in [0.1, 0.15) is 0 Å². The van der Waals surface area contributed by atoms with E-state index in [-0.39, 0.29) is 0 Å². The van der Waals surface area contributed by atoms with Gasteiger partial charge in [-0.25, -0.2) is 0 Å². The number of halogens is 1. The zero-order valence-corrected chi connectivity index (χ0v) is 10.6. The monoisotopic (exact) mass is 238 g/mol. The van der Waals surface area contributed by atoms with E-state index >= 15 is 0 Å². The summed E-state index contributed by atoms with van der Waals surface area (Å²) in [5, 5.41) is 4.22. The molecule has 1 aromatic rings. The van der Waals surface area contributed by atoms with Gasteiger partial charge >= 0.3 is 0 Å². The highest BCUT2D eigenvalue weighted by Crippen LogP contribution is 2.34. The summed E-state index contributed by atoms with van der Waals surface area (Å²) in [6.45, 7) is 4.63. The van der Waals surface area contributed by atoms with Crippen molar-refractivity contribution in [3.05, 3.63) is 23.2 Å². The van der Waals surface area contributed by atoms with Crippen LogP contribution in [0.4, 0.5) is 11.4 Å². The van der Waals surface area contributed by atoms with Crippen LogP contribution in [0, 0.1) is 11.8 Å². The van der Waals surface area contributed by atoms with Gasteiger partial charge in [-0.2, -0.15) is 0 Å². The maximum absolute atomic E-state index is 6.14. The van der Waals surface area contributed by atoms with Crippen LogP contribution in [0.15, 0.2) is 18.2 Å². The molecule has 3 heteroatoms. The van der Waals surface area contributed by atoms with Crippen molar-refractivity contribution in [3.8, 4) is 0 Å². The second-order valence-electron chi connectivity index (χ2n) is 5.01. The molecule has 0 bridgehead atoms. The number of nitrogen functional groups attached to an aromatic ring is 1. The highest BCUT2D eigenvalue weighted by Gasteiger charge is 2.28. The summed E-state index contributed by atoms with van der Waals surface area (Å²) in [4.78, 5) is 0. The first-order chi connectivity index (χ1) is 7.56. The van der Waals surface area contributed by atoms with Crippen molar-refractivity contribution in [1.82, 2.24) is 0 Å². The average molecular weight is 239 g/mol. The lowest BCUT2D eigenvalue weighted by molar-refractivity contribution is 0.457. The predicted molar refractivity (Wildman–Crippen MR) is 70.8 cm³/mol. The van der Waals surface area contributed by atoms with Crippen LogP contribution in [0.2, 0.25) is 5.02 Å². The van der Waals surface area contributed by atoms with Gasteiger partial charge in [-0.05, 0) is 42.9 Å². The third kappa shape index (κ3) is 2.43. The number of anilines is 2. The fourth-order valence-corrected chi connectivity index (χ4v) is 2.69. The van der Waals surface area contributed by atoms with Crippen LogP contribution < -0.4 is 11.1 Å². The fourth-order valence-electron chi connectivity index (χ4n) is 2.44. The maximum Gasteiger partial charge on any atom is 0.0658 e. The lowest BCUT2D eigenvalue weighted by Gasteiger charge is -2.15. The molecule has 0 aromatic heterocycles. The zero-order valence-electron chi connectivity index (χ0n) is 9.83. The molecule has 88 valence electrons. The summed E-state index contributed by atoms with van der Waals surface area (Å²) in [6, 6.07) is 6.19. The summed E-state index contributed by atoms with van der Waals surface area (Å²) < 4.78 is 0. The van der Waals surface area contributed by atoms with Crippen molar-refractivity contribution in [2.45, 2.75) is 32.7 Å². The van der Waals surface area contributed by atoms with Crippen molar-refractivity contribution < 1.29 is 0 Å². The Balaban J connectivity index is 2.05. The molecule has 0 heterocycles. The third-order valence-electron chi connectivity index (χ3n) is 3.64. The minimum Gasteiger partial charge on any atom is -0.399 e. The van der Waals surface area contributed by atoms with Crippen molar-refractivity contribution in [1.29, 1.82) is 0 Å². The average Bonchev–Trinajstić information content (AvgIpc) is 2.51. The molecule has 0 saturated heterocycles. The largest absolute Gasteiger partial charge is 0.399 e. The second-order valence-corrected chi connectivity index (χ2v) is 5.41. The third-order valence-corrected chi connectivity index (χ3v) is 3.95. The van der Waals surface area contributed by atoms with Crippen LogP contribution in [0.3, 0.4) is 0 Å². The number of hydrogen-bond acceptors (Lipinski definition) is 2. The number of benzene rings is 1. The van der Waals surface area contributed by atoms with E-state index in [0.717, 1.165) is 17.5 Å². The van der Waals surface area contributed by atoms with Gasteiger partial charge in [0.15, 0.2) is 0 Å². The molecule has 1 saturated carbocycles. The Hall–Kier alpha value is -0.890. The smallest absolute Gasteiger partial charge is 0.0658 e. The molecule has 1 aliphatic rings. The second kappa shape index (κ2) is 4.54. The van der Waals surface area contributed by atoms with Gasteiger partial charge in [-0.3, -0.25) is 0 Å². The molecule has 0 radical (unpaired) electrons. The van der Waals surface area contributed by atoms with Gasteiger partial charge in [-0.1, -0.05) is 25.4 Å². The van der Waals surface area contributed by atoms with E-state index in [1.54, 1.807) is 6.07 Å². The summed E-state index contributed by atoms with van der Waals surface area (Å²) >= 11 is 6.14. The van der Waals surface area contributed by atoms with E-state index in [2.05, 4.69) is 19.2 Å². The van der Waals surface area contributed by atoms with E-state index in [1.807, 2.05) is 12.1 Å². The number of nitrogens with one attached hydrogen (secondary N) is 1. The molecule has 1 fully saturated rings. The van der Waals surface area contributed by atoms with E-state index < -0.39 is 0 Å². The molecule has 1 unspecified atom stereocenters. The fraction of sp³-hybridized carbons (Fsp3) is 0.538. The Morgan fingerprint density at radius 1 is 1.25 bits per heavy atom. The molecule has 1 aromatic carbocycles. The van der Waals surface area contributed by atoms with Crippen molar-refractivity contribution >= 4 is 23.0 Å². The molecule has 2 nitrogen and oxygen atoms in total. The highest BCUT2D eigenvalue weighted by molar-refractivity contribution is 6.33. The Labute approximate surface area is 102 Å². The summed E-state index contributed by atoms with van der Waals surface area (Å²) in [5.74, 6) is 1.59. The van der Waals surface area contributed by atoms with Gasteiger partial charge in [0.2, 0.25) is 0 Å². The first-order valence-corrected chi connectivity index (χ1v) is 6.25. The van der Waals surface area contributed by atoms with Gasteiger partial charge in [0.05, 0.1) is 10.7 Å². The van der Waals surface area contributed by atoms with Crippen LogP contribution in [-0.2, 0) is 0 Å². The van der Waals surface area contributed by atoms with Crippen LogP contribution in [0.5, 0.6) is 0 Å². The molecular weight excluding hydrogens is 220 g/mol. The van der Waals surface area contributed by atoms with Crippen LogP contribution in [0.25, 0.3) is 0 Å². The number of rotatable bonds is 2. The van der Waals surface area contributed by atoms with E-state index in [9.17, 15) is 0 Å². The number of nitrogens with two attached hydrogens (primary N) is 1. The van der Waals surface area contributed by atoms with Gasteiger partial charge in [0, 0.05) is 11.7 Å². The van der Waals surface area contributed by atoms with Gasteiger partial charge in [0.25, 0.3) is 0 Å². The molecule has 1 aliphatic carbocycles. The summed E-state index contributed by atoms with van der Waals surface area (Å²) in [6.07, 6.45) is 2.45. The molecule has 0 aliphatic heterocycles. The molecule has 3 N–H and O–H groups in total. The topological polar surface area (TPSA) is 38.0 Å². The first-order valence-electron chi connectivity index (χ1n) is 5.88. The Bertz CT molecular complexity index is 368. The minimum absolute atomic E-state index is 0.547. The number of hydrogen-bond donors (Lipinski definition) is 2. The first kappa shape index (κ1) is 11.6. The molecule has 0 amide bonds. The molecular formula is C13H19ClN2. The van der Waals surface area contributed by atoms with Crippen LogP contribution in [-0.4, -0.2) is 6.04 Å². The highest BCUT2D eigenvalue weighted by atomic mass is 35.5. The van der Waals surface area contributed by atoms with Gasteiger partial charge < -0.3 is 11.1 Å². The molecule has 2 rings (SSSR count). The van der Waals surface area contributed by atoms with Crippen molar-refractivity contribution in [2.75, 3.05) is 11.1 Å². The molecule has 0 spiro atoms. The van der Waals surface area contributed by atoms with E-state index in [4.69, 9.17) is 17.3 Å². The lowest BCUT2D eigenvalue weighted by atomic mass is 10.0. The predicted octanol–water partition coefficient (Wildman–Crippen LogP) is 3.77. The SMILES string of the molecule is C[C@@H]1CC(Nc2ccc(N)cc2Cl)C[C@@H]1C. The quantitative estimate of drug-likeness (QED) is 0.770. The molecule has 16 heavy (non-hydrogen) atoms. The normalized spacial score (nSPS) is 29.3. The summed E-state index contributed by atoms with van der Waals surface area (Å²) in [5.41, 5.74) is 7.38.